The first-order chi connectivity index (χ1) is 12.3. The zero-order valence-electron chi connectivity index (χ0n) is 14.3. The van der Waals surface area contributed by atoms with Gasteiger partial charge >= 0.3 is 0 Å². The van der Waals surface area contributed by atoms with Crippen LogP contribution in [-0.4, -0.2) is 59.3 Å². The van der Waals surface area contributed by atoms with Gasteiger partial charge in [-0.25, -0.2) is 9.97 Å². The number of carbonyl (C=O) groups excluding carboxylic acids is 1. The van der Waals surface area contributed by atoms with E-state index < -0.39 is 0 Å². The summed E-state index contributed by atoms with van der Waals surface area (Å²) in [6, 6.07) is 9.67. The van der Waals surface area contributed by atoms with Crippen molar-refractivity contribution in [2.24, 2.45) is 0 Å². The van der Waals surface area contributed by atoms with Gasteiger partial charge in [-0.05, 0) is 37.3 Å². The van der Waals surface area contributed by atoms with E-state index in [-0.39, 0.29) is 5.91 Å². The van der Waals surface area contributed by atoms with E-state index in [1.54, 1.807) is 30.2 Å². The first-order valence-electron chi connectivity index (χ1n) is 8.41. The summed E-state index contributed by atoms with van der Waals surface area (Å²) in [6.45, 7) is 5.57. The molecule has 1 aliphatic rings. The Labute approximate surface area is 152 Å². The second-order valence-corrected chi connectivity index (χ2v) is 6.66. The molecule has 1 fully saturated rings. The number of thioether (sulfide) groups is 1. The first kappa shape index (κ1) is 17.5. The number of piperazine rings is 1. The summed E-state index contributed by atoms with van der Waals surface area (Å²) >= 11 is 1.56. The Morgan fingerprint density at radius 1 is 1.12 bits per heavy atom. The van der Waals surface area contributed by atoms with Crippen molar-refractivity contribution in [2.75, 3.05) is 43.4 Å². The predicted octanol–water partition coefficient (Wildman–Crippen LogP) is 2.32. The van der Waals surface area contributed by atoms with Crippen LogP contribution in [0.25, 0.3) is 0 Å². The van der Waals surface area contributed by atoms with E-state index in [2.05, 4.69) is 14.9 Å². The van der Waals surface area contributed by atoms with Crippen molar-refractivity contribution in [1.29, 1.82) is 0 Å². The third-order valence-corrected chi connectivity index (χ3v) is 4.96. The molecule has 1 aromatic carbocycles. The zero-order chi connectivity index (χ0) is 17.5. The molecule has 0 spiro atoms. The molecule has 0 unspecified atom stereocenters. The van der Waals surface area contributed by atoms with Gasteiger partial charge in [-0.15, -0.1) is 11.8 Å². The molecular formula is C18H22N4O2S. The molecule has 6 nitrogen and oxygen atoms in total. The summed E-state index contributed by atoms with van der Waals surface area (Å²) in [5, 5.41) is 0. The smallest absolute Gasteiger partial charge is 0.233 e. The van der Waals surface area contributed by atoms with Gasteiger partial charge < -0.3 is 14.5 Å². The Bertz CT molecular complexity index is 673. The number of carbonyl (C=O) groups is 1. The lowest BCUT2D eigenvalue weighted by Crippen LogP contribution is -2.49. The van der Waals surface area contributed by atoms with Gasteiger partial charge in [0, 0.05) is 43.5 Å². The minimum Gasteiger partial charge on any atom is -0.494 e. The Kier molecular flexibility index (Phi) is 6.11. The maximum Gasteiger partial charge on any atom is 0.233 e. The lowest BCUT2D eigenvalue weighted by atomic mass is 10.3. The average Bonchev–Trinajstić information content (AvgIpc) is 2.68. The third kappa shape index (κ3) is 4.85. The SMILES string of the molecule is CCOc1ccc(SCC(=O)N2CCN(c3ncccn3)CC2)cc1. The average molecular weight is 358 g/mol. The fourth-order valence-corrected chi connectivity index (χ4v) is 3.45. The van der Waals surface area contributed by atoms with Crippen LogP contribution in [0.5, 0.6) is 5.75 Å². The number of hydrogen-bond acceptors (Lipinski definition) is 6. The molecule has 1 aliphatic heterocycles. The summed E-state index contributed by atoms with van der Waals surface area (Å²) < 4.78 is 5.43. The summed E-state index contributed by atoms with van der Waals surface area (Å²) in [5.74, 6) is 2.22. The van der Waals surface area contributed by atoms with Crippen LogP contribution in [0.3, 0.4) is 0 Å². The second-order valence-electron chi connectivity index (χ2n) is 5.61. The maximum atomic E-state index is 12.4. The molecule has 25 heavy (non-hydrogen) atoms. The van der Waals surface area contributed by atoms with Crippen molar-refractivity contribution in [3.05, 3.63) is 42.7 Å². The van der Waals surface area contributed by atoms with Crippen LogP contribution in [0.1, 0.15) is 6.92 Å². The van der Waals surface area contributed by atoms with Crippen LogP contribution in [0.4, 0.5) is 5.95 Å². The largest absolute Gasteiger partial charge is 0.494 e. The standard InChI is InChI=1S/C18H22N4O2S/c1-2-24-15-4-6-16(7-5-15)25-14-17(23)21-10-12-22(13-11-21)18-19-8-3-9-20-18/h3-9H,2,10-14H2,1H3. The number of amides is 1. The van der Waals surface area contributed by atoms with Gasteiger partial charge in [0.2, 0.25) is 11.9 Å². The molecule has 132 valence electrons. The Morgan fingerprint density at radius 3 is 2.44 bits per heavy atom. The highest BCUT2D eigenvalue weighted by Crippen LogP contribution is 2.22. The van der Waals surface area contributed by atoms with Gasteiger partial charge in [0.05, 0.1) is 12.4 Å². The number of nitrogens with zero attached hydrogens (tertiary/aromatic N) is 4. The highest BCUT2D eigenvalue weighted by atomic mass is 32.2. The van der Waals surface area contributed by atoms with E-state index in [0.29, 0.717) is 25.4 Å². The third-order valence-electron chi connectivity index (χ3n) is 3.96. The predicted molar refractivity (Wildman–Crippen MR) is 99.2 cm³/mol. The molecule has 2 heterocycles. The van der Waals surface area contributed by atoms with E-state index in [9.17, 15) is 4.79 Å². The highest BCUT2D eigenvalue weighted by Gasteiger charge is 2.22. The number of anilines is 1. The van der Waals surface area contributed by atoms with Gasteiger partial charge in [-0.3, -0.25) is 4.79 Å². The van der Waals surface area contributed by atoms with Crippen LogP contribution >= 0.6 is 11.8 Å². The van der Waals surface area contributed by atoms with Crippen molar-refractivity contribution < 1.29 is 9.53 Å². The minimum atomic E-state index is 0.174. The molecule has 3 rings (SSSR count). The van der Waals surface area contributed by atoms with E-state index in [1.165, 1.54) is 0 Å². The lowest BCUT2D eigenvalue weighted by molar-refractivity contribution is -0.128. The van der Waals surface area contributed by atoms with Crippen LogP contribution in [0, 0.1) is 0 Å². The quantitative estimate of drug-likeness (QED) is 0.739. The summed E-state index contributed by atoms with van der Waals surface area (Å²) in [7, 11) is 0. The number of rotatable bonds is 6. The topological polar surface area (TPSA) is 58.6 Å². The van der Waals surface area contributed by atoms with E-state index in [0.717, 1.165) is 29.7 Å². The lowest BCUT2D eigenvalue weighted by Gasteiger charge is -2.34. The van der Waals surface area contributed by atoms with Crippen molar-refractivity contribution in [3.8, 4) is 5.75 Å². The summed E-state index contributed by atoms with van der Waals surface area (Å²) in [4.78, 5) is 26.1. The van der Waals surface area contributed by atoms with Crippen molar-refractivity contribution >= 4 is 23.6 Å². The molecular weight excluding hydrogens is 336 g/mol. The molecule has 0 bridgehead atoms. The molecule has 0 N–H and O–H groups in total. The Morgan fingerprint density at radius 2 is 1.80 bits per heavy atom. The fourth-order valence-electron chi connectivity index (χ4n) is 2.65. The summed E-state index contributed by atoms with van der Waals surface area (Å²) in [5.41, 5.74) is 0. The van der Waals surface area contributed by atoms with E-state index in [4.69, 9.17) is 4.74 Å². The molecule has 1 aromatic heterocycles. The molecule has 2 aromatic rings. The molecule has 7 heteroatoms. The van der Waals surface area contributed by atoms with Crippen molar-refractivity contribution in [1.82, 2.24) is 14.9 Å². The zero-order valence-corrected chi connectivity index (χ0v) is 15.1. The number of ether oxygens (including phenoxy) is 1. The Hall–Kier alpha value is -2.28. The molecule has 0 radical (unpaired) electrons. The number of hydrogen-bond donors (Lipinski definition) is 0. The monoisotopic (exact) mass is 358 g/mol. The van der Waals surface area contributed by atoms with Crippen LogP contribution in [0.2, 0.25) is 0 Å². The molecule has 0 aliphatic carbocycles. The first-order valence-corrected chi connectivity index (χ1v) is 9.40. The number of aromatic nitrogens is 2. The molecule has 0 saturated carbocycles. The maximum absolute atomic E-state index is 12.4. The van der Waals surface area contributed by atoms with Gasteiger partial charge in [0.1, 0.15) is 5.75 Å². The Balaban J connectivity index is 1.45. The van der Waals surface area contributed by atoms with Crippen molar-refractivity contribution in [2.45, 2.75) is 11.8 Å². The van der Waals surface area contributed by atoms with Crippen LogP contribution < -0.4 is 9.64 Å². The van der Waals surface area contributed by atoms with Gasteiger partial charge in [0.25, 0.3) is 0 Å². The van der Waals surface area contributed by atoms with Crippen molar-refractivity contribution in [3.63, 3.8) is 0 Å². The van der Waals surface area contributed by atoms with Crippen LogP contribution in [0.15, 0.2) is 47.6 Å². The molecule has 1 saturated heterocycles. The van der Waals surface area contributed by atoms with Gasteiger partial charge in [0.15, 0.2) is 0 Å². The van der Waals surface area contributed by atoms with Crippen LogP contribution in [-0.2, 0) is 4.79 Å². The van der Waals surface area contributed by atoms with E-state index >= 15 is 0 Å². The molecule has 1 amide bonds. The fraction of sp³-hybridized carbons (Fsp3) is 0.389. The van der Waals surface area contributed by atoms with E-state index in [1.807, 2.05) is 36.1 Å². The second kappa shape index (κ2) is 8.71. The minimum absolute atomic E-state index is 0.174. The number of benzene rings is 1. The summed E-state index contributed by atoms with van der Waals surface area (Å²) in [6.07, 6.45) is 3.49. The normalized spacial score (nSPS) is 14.4. The molecule has 0 atom stereocenters. The van der Waals surface area contributed by atoms with Gasteiger partial charge in [-0.2, -0.15) is 0 Å². The van der Waals surface area contributed by atoms with Gasteiger partial charge in [-0.1, -0.05) is 0 Å². The highest BCUT2D eigenvalue weighted by molar-refractivity contribution is 8.00.